The lowest BCUT2D eigenvalue weighted by Crippen LogP contribution is -2.11. The van der Waals surface area contributed by atoms with Gasteiger partial charge in [0.1, 0.15) is 0 Å². The van der Waals surface area contributed by atoms with Gasteiger partial charge in [-0.25, -0.2) is 0 Å². The van der Waals surface area contributed by atoms with E-state index in [0.29, 0.717) is 13.1 Å². The van der Waals surface area contributed by atoms with E-state index in [1.54, 1.807) is 0 Å². The van der Waals surface area contributed by atoms with E-state index in [2.05, 4.69) is 0 Å². The van der Waals surface area contributed by atoms with Crippen LogP contribution < -0.4 is 11.5 Å². The van der Waals surface area contributed by atoms with Gasteiger partial charge in [0.2, 0.25) is 0 Å². The molecule has 0 heterocycles. The molecule has 2 nitrogen and oxygen atoms in total. The van der Waals surface area contributed by atoms with Crippen LogP contribution in [0.5, 0.6) is 0 Å². The smallest absolute Gasteiger partial charge is 0.0405 e. The maximum atomic E-state index is 5.54. The van der Waals surface area contributed by atoms with E-state index < -0.39 is 0 Å². The third-order valence-corrected chi connectivity index (χ3v) is 1.15. The number of hydrogen-bond donors (Lipinski definition) is 2. The van der Waals surface area contributed by atoms with Crippen LogP contribution in [0.25, 0.3) is 0 Å². The van der Waals surface area contributed by atoms with Crippen LogP contribution >= 0.6 is 11.6 Å². The van der Waals surface area contributed by atoms with Crippen molar-refractivity contribution in [2.75, 3.05) is 13.1 Å². The predicted molar refractivity (Wildman–Crippen MR) is 49.6 cm³/mol. The highest BCUT2D eigenvalue weighted by molar-refractivity contribution is 6.30. The minimum absolute atomic E-state index is 0.597. The molecule has 1 aromatic rings. The number of benzene rings is 1. The number of halogens is 1. The third-order valence-electron chi connectivity index (χ3n) is 0.900. The summed E-state index contributed by atoms with van der Waals surface area (Å²) >= 11 is 5.54. The van der Waals surface area contributed by atoms with Gasteiger partial charge >= 0.3 is 0 Å². The van der Waals surface area contributed by atoms with Crippen LogP contribution in [0.15, 0.2) is 30.3 Å². The van der Waals surface area contributed by atoms with E-state index in [-0.39, 0.29) is 0 Å². The Morgan fingerprint density at radius 3 is 1.64 bits per heavy atom. The monoisotopic (exact) mass is 172 g/mol. The molecule has 1 rings (SSSR count). The summed E-state index contributed by atoms with van der Waals surface area (Å²) in [4.78, 5) is 0. The first kappa shape index (κ1) is 10.4. The van der Waals surface area contributed by atoms with E-state index in [9.17, 15) is 0 Å². The maximum absolute atomic E-state index is 5.54. The fourth-order valence-corrected chi connectivity index (χ4v) is 0.560. The Morgan fingerprint density at radius 1 is 1.00 bits per heavy atom. The number of rotatable bonds is 1. The van der Waals surface area contributed by atoms with Crippen molar-refractivity contribution >= 4 is 11.6 Å². The van der Waals surface area contributed by atoms with Crippen LogP contribution in [0, 0.1) is 0 Å². The lowest BCUT2D eigenvalue weighted by Gasteiger charge is -1.80. The average Bonchev–Trinajstić information content (AvgIpc) is 2.07. The van der Waals surface area contributed by atoms with E-state index in [1.165, 1.54) is 0 Å². The quantitative estimate of drug-likeness (QED) is 0.670. The molecule has 1 aromatic carbocycles. The van der Waals surface area contributed by atoms with Crippen molar-refractivity contribution in [3.8, 4) is 0 Å². The normalized spacial score (nSPS) is 8.27. The summed E-state index contributed by atoms with van der Waals surface area (Å²) in [5, 5.41) is 0.794. The second-order valence-electron chi connectivity index (χ2n) is 1.87. The summed E-state index contributed by atoms with van der Waals surface area (Å²) in [5.41, 5.74) is 9.81. The molecule has 0 amide bonds. The Morgan fingerprint density at radius 2 is 1.45 bits per heavy atom. The van der Waals surface area contributed by atoms with Crippen LogP contribution in [0.4, 0.5) is 0 Å². The van der Waals surface area contributed by atoms with Gasteiger partial charge in [0, 0.05) is 18.1 Å². The fourth-order valence-electron chi connectivity index (χ4n) is 0.415. The topological polar surface area (TPSA) is 52.0 Å². The van der Waals surface area contributed by atoms with Crippen LogP contribution in [0.2, 0.25) is 5.02 Å². The third kappa shape index (κ3) is 7.33. The van der Waals surface area contributed by atoms with E-state index >= 15 is 0 Å². The van der Waals surface area contributed by atoms with Gasteiger partial charge in [-0.05, 0) is 12.1 Å². The minimum Gasteiger partial charge on any atom is -0.329 e. The number of hydrogen-bond acceptors (Lipinski definition) is 2. The van der Waals surface area contributed by atoms with Crippen molar-refractivity contribution < 1.29 is 0 Å². The van der Waals surface area contributed by atoms with Gasteiger partial charge in [-0.15, -0.1) is 0 Å². The summed E-state index contributed by atoms with van der Waals surface area (Å²) < 4.78 is 0. The van der Waals surface area contributed by atoms with Gasteiger partial charge in [-0.1, -0.05) is 29.8 Å². The lowest BCUT2D eigenvalue weighted by molar-refractivity contribution is 0.976. The summed E-state index contributed by atoms with van der Waals surface area (Å²) in [6, 6.07) is 9.44. The lowest BCUT2D eigenvalue weighted by atomic mass is 10.4. The van der Waals surface area contributed by atoms with Gasteiger partial charge in [0.05, 0.1) is 0 Å². The SMILES string of the molecule is Clc1ccccc1.NCCN. The highest BCUT2D eigenvalue weighted by atomic mass is 35.5. The van der Waals surface area contributed by atoms with Crippen molar-refractivity contribution in [2.45, 2.75) is 0 Å². The van der Waals surface area contributed by atoms with Gasteiger partial charge in [0.25, 0.3) is 0 Å². The second kappa shape index (κ2) is 7.54. The van der Waals surface area contributed by atoms with Gasteiger partial charge in [0.15, 0.2) is 0 Å². The first-order valence-corrected chi connectivity index (χ1v) is 3.79. The summed E-state index contributed by atoms with van der Waals surface area (Å²) in [5.74, 6) is 0. The van der Waals surface area contributed by atoms with Crippen LogP contribution in [0.3, 0.4) is 0 Å². The summed E-state index contributed by atoms with van der Waals surface area (Å²) in [6.07, 6.45) is 0. The largest absolute Gasteiger partial charge is 0.329 e. The van der Waals surface area contributed by atoms with E-state index in [4.69, 9.17) is 23.1 Å². The Bertz CT molecular complexity index is 163. The zero-order valence-corrected chi connectivity index (χ0v) is 7.09. The zero-order valence-electron chi connectivity index (χ0n) is 6.33. The molecule has 11 heavy (non-hydrogen) atoms. The van der Waals surface area contributed by atoms with Crippen molar-refractivity contribution in [1.82, 2.24) is 0 Å². The first-order chi connectivity index (χ1) is 5.31. The Hall–Kier alpha value is -0.570. The first-order valence-electron chi connectivity index (χ1n) is 3.42. The van der Waals surface area contributed by atoms with E-state index in [0.717, 1.165) is 5.02 Å². The summed E-state index contributed by atoms with van der Waals surface area (Å²) in [7, 11) is 0. The Labute approximate surface area is 72.2 Å². The molecule has 0 aromatic heterocycles. The molecule has 3 heteroatoms. The van der Waals surface area contributed by atoms with Crippen molar-refractivity contribution in [1.29, 1.82) is 0 Å². The molecule has 0 aliphatic heterocycles. The molecule has 0 atom stereocenters. The highest BCUT2D eigenvalue weighted by Crippen LogP contribution is 2.03. The molecule has 0 aliphatic carbocycles. The maximum Gasteiger partial charge on any atom is 0.0405 e. The standard InChI is InChI=1S/C6H5Cl.C2H8N2/c7-6-4-2-1-3-5-6;3-1-2-4/h1-5H;1-4H2. The highest BCUT2D eigenvalue weighted by Gasteiger charge is 1.74. The van der Waals surface area contributed by atoms with Crippen molar-refractivity contribution in [3.05, 3.63) is 35.4 Å². The van der Waals surface area contributed by atoms with Crippen molar-refractivity contribution in [3.63, 3.8) is 0 Å². The van der Waals surface area contributed by atoms with Gasteiger partial charge < -0.3 is 11.5 Å². The number of nitrogens with two attached hydrogens (primary N) is 2. The average molecular weight is 173 g/mol. The molecular formula is C8H13ClN2. The second-order valence-corrected chi connectivity index (χ2v) is 2.31. The molecule has 0 radical (unpaired) electrons. The molecule has 0 saturated carbocycles. The fraction of sp³-hybridized carbons (Fsp3) is 0.250. The molecule has 0 aliphatic rings. The van der Waals surface area contributed by atoms with Crippen LogP contribution in [-0.2, 0) is 0 Å². The molecule has 0 bridgehead atoms. The van der Waals surface area contributed by atoms with E-state index in [1.807, 2.05) is 30.3 Å². The van der Waals surface area contributed by atoms with Crippen molar-refractivity contribution in [2.24, 2.45) is 11.5 Å². The van der Waals surface area contributed by atoms with Gasteiger partial charge in [-0.2, -0.15) is 0 Å². The Kier molecular flexibility index (Phi) is 7.15. The van der Waals surface area contributed by atoms with Crippen LogP contribution in [0.1, 0.15) is 0 Å². The Balaban J connectivity index is 0.000000218. The molecule has 62 valence electrons. The molecule has 0 unspecified atom stereocenters. The minimum atomic E-state index is 0.597. The molecule has 0 saturated heterocycles. The molecule has 0 fully saturated rings. The van der Waals surface area contributed by atoms with Gasteiger partial charge in [-0.3, -0.25) is 0 Å². The van der Waals surface area contributed by atoms with Crippen LogP contribution in [-0.4, -0.2) is 13.1 Å². The molecular weight excluding hydrogens is 160 g/mol. The summed E-state index contributed by atoms with van der Waals surface area (Å²) in [6.45, 7) is 1.19. The molecule has 4 N–H and O–H groups in total. The molecule has 0 spiro atoms. The zero-order chi connectivity index (χ0) is 8.53. The predicted octanol–water partition coefficient (Wildman–Crippen LogP) is 1.24.